The number of nitrogens with zero attached hydrogens (tertiary/aromatic N) is 2. The summed E-state index contributed by atoms with van der Waals surface area (Å²) in [5.74, 6) is 0.655. The number of hydrogen-bond acceptors (Lipinski definition) is 4. The molecule has 5 heteroatoms. The average Bonchev–Trinajstić information content (AvgIpc) is 2.49. The summed E-state index contributed by atoms with van der Waals surface area (Å²) in [6, 6.07) is 0.449. The average molecular weight is 264 g/mol. The number of hydrogen-bond donors (Lipinski definition) is 1. The molecule has 74 valence electrons. The van der Waals surface area contributed by atoms with Crippen LogP contribution in [0, 0.1) is 5.92 Å². The molecule has 0 aliphatic heterocycles. The van der Waals surface area contributed by atoms with E-state index in [9.17, 15) is 0 Å². The van der Waals surface area contributed by atoms with Gasteiger partial charge < -0.3 is 5.32 Å². The number of anilines is 1. The van der Waals surface area contributed by atoms with Gasteiger partial charge in [0.15, 0.2) is 3.92 Å². The number of nitrogens with one attached hydrogen (secondary N) is 1. The SMILES string of the molecule is CCC(C)C(C)Nc1nnc(Br)s1. The van der Waals surface area contributed by atoms with E-state index < -0.39 is 0 Å². The number of aromatic nitrogens is 2. The predicted octanol–water partition coefficient (Wildman–Crippen LogP) is 3.15. The van der Waals surface area contributed by atoms with Crippen LogP contribution in [0.15, 0.2) is 3.92 Å². The molecule has 1 aromatic heterocycles. The molecule has 0 fully saturated rings. The molecule has 13 heavy (non-hydrogen) atoms. The van der Waals surface area contributed by atoms with Crippen molar-refractivity contribution in [3.8, 4) is 0 Å². The second-order valence-corrected chi connectivity index (χ2v) is 5.43. The van der Waals surface area contributed by atoms with Crippen LogP contribution >= 0.6 is 27.3 Å². The summed E-state index contributed by atoms with van der Waals surface area (Å²) in [7, 11) is 0. The highest BCUT2D eigenvalue weighted by Crippen LogP contribution is 2.22. The van der Waals surface area contributed by atoms with Crippen LogP contribution in [0.5, 0.6) is 0 Å². The predicted molar refractivity (Wildman–Crippen MR) is 60.1 cm³/mol. The summed E-state index contributed by atoms with van der Waals surface area (Å²) < 4.78 is 0.825. The van der Waals surface area contributed by atoms with Gasteiger partial charge in [-0.25, -0.2) is 0 Å². The lowest BCUT2D eigenvalue weighted by molar-refractivity contribution is 0.494. The first-order valence-corrected chi connectivity index (χ1v) is 6.00. The first kappa shape index (κ1) is 10.9. The molecule has 0 saturated carbocycles. The molecule has 0 aromatic carbocycles. The summed E-state index contributed by atoms with van der Waals surface area (Å²) in [6.07, 6.45) is 1.17. The Morgan fingerprint density at radius 3 is 2.62 bits per heavy atom. The van der Waals surface area contributed by atoms with E-state index in [1.54, 1.807) is 0 Å². The van der Waals surface area contributed by atoms with E-state index in [1.807, 2.05) is 0 Å². The van der Waals surface area contributed by atoms with Crippen LogP contribution in [-0.4, -0.2) is 16.2 Å². The molecule has 0 saturated heterocycles. The van der Waals surface area contributed by atoms with Crippen molar-refractivity contribution in [1.82, 2.24) is 10.2 Å². The van der Waals surface area contributed by atoms with Gasteiger partial charge in [0.05, 0.1) is 0 Å². The monoisotopic (exact) mass is 263 g/mol. The molecular formula is C8H14BrN3S. The molecule has 0 aliphatic carbocycles. The van der Waals surface area contributed by atoms with Gasteiger partial charge in [-0.05, 0) is 28.8 Å². The standard InChI is InChI=1S/C8H14BrN3S/c1-4-5(2)6(3)10-8-12-11-7(9)13-8/h5-6H,4H2,1-3H3,(H,10,12). The third kappa shape index (κ3) is 3.23. The maximum absolute atomic E-state index is 3.98. The Balaban J connectivity index is 2.49. The van der Waals surface area contributed by atoms with E-state index in [1.165, 1.54) is 17.8 Å². The van der Waals surface area contributed by atoms with Gasteiger partial charge in [0.2, 0.25) is 5.13 Å². The summed E-state index contributed by atoms with van der Waals surface area (Å²) in [5.41, 5.74) is 0. The Bertz CT molecular complexity index is 264. The van der Waals surface area contributed by atoms with Crippen LogP contribution in [0.3, 0.4) is 0 Å². The van der Waals surface area contributed by atoms with Crippen molar-refractivity contribution in [1.29, 1.82) is 0 Å². The Labute approximate surface area is 91.1 Å². The van der Waals surface area contributed by atoms with Crippen LogP contribution in [0.25, 0.3) is 0 Å². The van der Waals surface area contributed by atoms with E-state index in [4.69, 9.17) is 0 Å². The minimum absolute atomic E-state index is 0.449. The fourth-order valence-electron chi connectivity index (χ4n) is 0.954. The molecule has 1 rings (SSSR count). The van der Waals surface area contributed by atoms with Crippen molar-refractivity contribution in [2.45, 2.75) is 33.2 Å². The first-order valence-electron chi connectivity index (χ1n) is 4.39. The van der Waals surface area contributed by atoms with Crippen LogP contribution < -0.4 is 5.32 Å². The quantitative estimate of drug-likeness (QED) is 0.907. The van der Waals surface area contributed by atoms with Crippen LogP contribution in [0.1, 0.15) is 27.2 Å². The van der Waals surface area contributed by atoms with Crippen molar-refractivity contribution in [3.05, 3.63) is 3.92 Å². The smallest absolute Gasteiger partial charge is 0.206 e. The molecule has 1 heterocycles. The Morgan fingerprint density at radius 2 is 2.15 bits per heavy atom. The molecule has 1 N–H and O–H groups in total. The van der Waals surface area contributed by atoms with Gasteiger partial charge in [-0.2, -0.15) is 0 Å². The lowest BCUT2D eigenvalue weighted by atomic mass is 10.0. The van der Waals surface area contributed by atoms with E-state index >= 15 is 0 Å². The third-order valence-electron chi connectivity index (χ3n) is 2.25. The normalized spacial score (nSPS) is 15.4. The molecule has 2 unspecified atom stereocenters. The topological polar surface area (TPSA) is 37.8 Å². The molecule has 3 nitrogen and oxygen atoms in total. The van der Waals surface area contributed by atoms with Gasteiger partial charge in [-0.1, -0.05) is 31.6 Å². The van der Waals surface area contributed by atoms with Crippen molar-refractivity contribution in [2.75, 3.05) is 5.32 Å². The third-order valence-corrected chi connectivity index (χ3v) is 3.54. The van der Waals surface area contributed by atoms with Gasteiger partial charge in [0.25, 0.3) is 0 Å². The zero-order valence-electron chi connectivity index (χ0n) is 8.04. The van der Waals surface area contributed by atoms with Crippen LogP contribution in [-0.2, 0) is 0 Å². The minimum Gasteiger partial charge on any atom is -0.357 e. The molecule has 0 bridgehead atoms. The lowest BCUT2D eigenvalue weighted by Crippen LogP contribution is -2.22. The maximum Gasteiger partial charge on any atom is 0.206 e. The van der Waals surface area contributed by atoms with Gasteiger partial charge in [0.1, 0.15) is 0 Å². The van der Waals surface area contributed by atoms with Crippen LogP contribution in [0.4, 0.5) is 5.13 Å². The highest BCUT2D eigenvalue weighted by Gasteiger charge is 2.11. The fourth-order valence-corrected chi connectivity index (χ4v) is 2.06. The summed E-state index contributed by atoms with van der Waals surface area (Å²) in [4.78, 5) is 0. The van der Waals surface area contributed by atoms with Gasteiger partial charge >= 0.3 is 0 Å². The summed E-state index contributed by atoms with van der Waals surface area (Å²) >= 11 is 4.81. The molecule has 0 spiro atoms. The highest BCUT2D eigenvalue weighted by molar-refractivity contribution is 9.11. The number of halogens is 1. The van der Waals surface area contributed by atoms with Gasteiger partial charge in [0, 0.05) is 6.04 Å². The Kier molecular flexibility index (Phi) is 4.12. The van der Waals surface area contributed by atoms with E-state index in [-0.39, 0.29) is 0 Å². The second kappa shape index (κ2) is 4.91. The zero-order valence-corrected chi connectivity index (χ0v) is 10.4. The van der Waals surface area contributed by atoms with Crippen molar-refractivity contribution in [3.63, 3.8) is 0 Å². The highest BCUT2D eigenvalue weighted by atomic mass is 79.9. The molecule has 2 atom stereocenters. The van der Waals surface area contributed by atoms with Crippen molar-refractivity contribution < 1.29 is 0 Å². The number of rotatable bonds is 4. The zero-order chi connectivity index (χ0) is 9.84. The molecular weight excluding hydrogens is 250 g/mol. The summed E-state index contributed by atoms with van der Waals surface area (Å²) in [5, 5.41) is 12.1. The Hall–Kier alpha value is -0.160. The second-order valence-electron chi connectivity index (χ2n) is 3.18. The molecule has 1 aromatic rings. The largest absolute Gasteiger partial charge is 0.357 e. The lowest BCUT2D eigenvalue weighted by Gasteiger charge is -2.18. The van der Waals surface area contributed by atoms with Crippen molar-refractivity contribution in [2.24, 2.45) is 5.92 Å². The van der Waals surface area contributed by atoms with E-state index in [0.717, 1.165) is 9.05 Å². The minimum atomic E-state index is 0.449. The first-order chi connectivity index (χ1) is 6.13. The molecule has 0 aliphatic rings. The van der Waals surface area contributed by atoms with E-state index in [2.05, 4.69) is 52.2 Å². The van der Waals surface area contributed by atoms with Crippen molar-refractivity contribution >= 4 is 32.4 Å². The maximum atomic E-state index is 3.98. The Morgan fingerprint density at radius 1 is 1.46 bits per heavy atom. The molecule has 0 amide bonds. The van der Waals surface area contributed by atoms with E-state index in [0.29, 0.717) is 12.0 Å². The van der Waals surface area contributed by atoms with Crippen LogP contribution in [0.2, 0.25) is 0 Å². The van der Waals surface area contributed by atoms with Gasteiger partial charge in [-0.15, -0.1) is 10.2 Å². The summed E-state index contributed by atoms with van der Waals surface area (Å²) in [6.45, 7) is 6.59. The molecule has 0 radical (unpaired) electrons. The van der Waals surface area contributed by atoms with Gasteiger partial charge in [-0.3, -0.25) is 0 Å². The fraction of sp³-hybridized carbons (Fsp3) is 0.750.